The second kappa shape index (κ2) is 5.33. The van der Waals surface area contributed by atoms with E-state index < -0.39 is 11.4 Å². The number of carboxylic acids is 1. The first-order chi connectivity index (χ1) is 8.93. The number of carbonyl (C=O) groups is 1. The number of benzene rings is 1. The van der Waals surface area contributed by atoms with E-state index in [0.717, 1.165) is 25.8 Å². The first-order valence-electron chi connectivity index (χ1n) is 6.91. The van der Waals surface area contributed by atoms with Crippen LogP contribution in [0.2, 0.25) is 0 Å². The quantitative estimate of drug-likeness (QED) is 0.856. The van der Waals surface area contributed by atoms with Gasteiger partial charge in [0.05, 0.1) is 5.41 Å². The smallest absolute Gasteiger partial charge is 0.310 e. The Bertz CT molecular complexity index is 478. The standard InChI is InChI=1S/C16H23NO2/c1-12-4-5-14(10-13(12)2)6-9-17(3)11-16(7-8-16)15(18)19/h4-5,10H,6-9,11H2,1-3H3,(H,18,19). The van der Waals surface area contributed by atoms with Gasteiger partial charge in [-0.25, -0.2) is 0 Å². The highest BCUT2D eigenvalue weighted by molar-refractivity contribution is 5.78. The third-order valence-corrected chi connectivity index (χ3v) is 4.23. The molecule has 0 amide bonds. The summed E-state index contributed by atoms with van der Waals surface area (Å²) in [5, 5.41) is 9.18. The van der Waals surface area contributed by atoms with Crippen LogP contribution in [0, 0.1) is 19.3 Å². The molecule has 1 saturated carbocycles. The summed E-state index contributed by atoms with van der Waals surface area (Å²) in [4.78, 5) is 13.3. The fraction of sp³-hybridized carbons (Fsp3) is 0.562. The molecule has 0 unspecified atom stereocenters. The number of carboxylic acid groups (broad SMARTS) is 1. The molecule has 3 nitrogen and oxygen atoms in total. The van der Waals surface area contributed by atoms with Gasteiger partial charge in [-0.15, -0.1) is 0 Å². The Hall–Kier alpha value is -1.35. The van der Waals surface area contributed by atoms with Gasteiger partial charge in [-0.3, -0.25) is 4.79 Å². The minimum Gasteiger partial charge on any atom is -0.481 e. The topological polar surface area (TPSA) is 40.5 Å². The zero-order valence-corrected chi connectivity index (χ0v) is 12.1. The molecule has 0 bridgehead atoms. The molecule has 0 aliphatic heterocycles. The first kappa shape index (κ1) is 14.1. The molecule has 0 aromatic heterocycles. The van der Waals surface area contributed by atoms with Gasteiger partial charge in [-0.2, -0.15) is 0 Å². The van der Waals surface area contributed by atoms with E-state index in [9.17, 15) is 9.90 Å². The summed E-state index contributed by atoms with van der Waals surface area (Å²) in [7, 11) is 2.02. The summed E-state index contributed by atoms with van der Waals surface area (Å²) in [5.74, 6) is -0.634. The summed E-state index contributed by atoms with van der Waals surface area (Å²) >= 11 is 0. The highest BCUT2D eigenvalue weighted by Gasteiger charge is 2.50. The fourth-order valence-corrected chi connectivity index (χ4v) is 2.47. The van der Waals surface area contributed by atoms with E-state index in [1.165, 1.54) is 16.7 Å². The van der Waals surface area contributed by atoms with Gasteiger partial charge < -0.3 is 10.0 Å². The summed E-state index contributed by atoms with van der Waals surface area (Å²) in [6.45, 7) is 5.84. The lowest BCUT2D eigenvalue weighted by molar-refractivity contribution is -0.144. The van der Waals surface area contributed by atoms with Crippen LogP contribution in [-0.2, 0) is 11.2 Å². The van der Waals surface area contributed by atoms with Crippen LogP contribution in [0.25, 0.3) is 0 Å². The average Bonchev–Trinajstić information content (AvgIpc) is 3.12. The number of rotatable bonds is 6. The van der Waals surface area contributed by atoms with Gasteiger partial charge >= 0.3 is 5.97 Å². The molecule has 1 fully saturated rings. The fourth-order valence-electron chi connectivity index (χ4n) is 2.47. The Morgan fingerprint density at radius 1 is 1.32 bits per heavy atom. The molecule has 19 heavy (non-hydrogen) atoms. The molecule has 1 aliphatic carbocycles. The van der Waals surface area contributed by atoms with Gasteiger partial charge in [0.2, 0.25) is 0 Å². The molecule has 0 atom stereocenters. The molecule has 1 aromatic rings. The maximum Gasteiger partial charge on any atom is 0.310 e. The Labute approximate surface area is 115 Å². The maximum atomic E-state index is 11.1. The molecular weight excluding hydrogens is 238 g/mol. The minimum atomic E-state index is -0.634. The van der Waals surface area contributed by atoms with Crippen molar-refractivity contribution in [2.24, 2.45) is 5.41 Å². The van der Waals surface area contributed by atoms with Crippen molar-refractivity contribution in [1.29, 1.82) is 0 Å². The van der Waals surface area contributed by atoms with Crippen LogP contribution in [0.3, 0.4) is 0 Å². The molecule has 1 aliphatic rings. The largest absolute Gasteiger partial charge is 0.481 e. The van der Waals surface area contributed by atoms with Crippen molar-refractivity contribution in [1.82, 2.24) is 4.90 Å². The second-order valence-electron chi connectivity index (χ2n) is 5.99. The third kappa shape index (κ3) is 3.35. The minimum absolute atomic E-state index is 0.446. The molecule has 0 radical (unpaired) electrons. The van der Waals surface area contributed by atoms with Crippen LogP contribution < -0.4 is 0 Å². The van der Waals surface area contributed by atoms with Gasteiger partial charge in [-0.1, -0.05) is 18.2 Å². The van der Waals surface area contributed by atoms with E-state index in [1.807, 2.05) is 7.05 Å². The predicted molar refractivity (Wildman–Crippen MR) is 76.4 cm³/mol. The molecule has 104 valence electrons. The molecule has 1 N–H and O–H groups in total. The SMILES string of the molecule is Cc1ccc(CCN(C)CC2(C(=O)O)CC2)cc1C. The van der Waals surface area contributed by atoms with Gasteiger partial charge in [0.25, 0.3) is 0 Å². The van der Waals surface area contributed by atoms with Gasteiger partial charge in [0.15, 0.2) is 0 Å². The summed E-state index contributed by atoms with van der Waals surface area (Å²) in [6, 6.07) is 6.55. The molecule has 2 rings (SSSR count). The lowest BCUT2D eigenvalue weighted by Gasteiger charge is -2.21. The van der Waals surface area contributed by atoms with Crippen LogP contribution in [0.1, 0.15) is 29.5 Å². The van der Waals surface area contributed by atoms with Gasteiger partial charge in [0, 0.05) is 13.1 Å². The second-order valence-corrected chi connectivity index (χ2v) is 5.99. The maximum absolute atomic E-state index is 11.1. The number of likely N-dealkylation sites (N-methyl/N-ethyl adjacent to an activating group) is 1. The molecule has 1 aromatic carbocycles. The Morgan fingerprint density at radius 2 is 2.00 bits per heavy atom. The van der Waals surface area contributed by atoms with Crippen molar-refractivity contribution in [3.8, 4) is 0 Å². The first-order valence-corrected chi connectivity index (χ1v) is 6.91. The number of aryl methyl sites for hydroxylation is 2. The van der Waals surface area contributed by atoms with Crippen molar-refractivity contribution in [3.05, 3.63) is 34.9 Å². The molecule has 3 heteroatoms. The number of hydrogen-bond acceptors (Lipinski definition) is 2. The average molecular weight is 261 g/mol. The predicted octanol–water partition coefficient (Wildman–Crippen LogP) is 2.64. The third-order valence-electron chi connectivity index (χ3n) is 4.23. The van der Waals surface area contributed by atoms with Crippen LogP contribution in [-0.4, -0.2) is 36.1 Å². The van der Waals surface area contributed by atoms with E-state index in [0.29, 0.717) is 6.54 Å². The molecule has 0 spiro atoms. The summed E-state index contributed by atoms with van der Waals surface area (Å²) in [5.41, 5.74) is 3.53. The number of nitrogens with zero attached hydrogens (tertiary/aromatic N) is 1. The highest BCUT2D eigenvalue weighted by atomic mass is 16.4. The number of hydrogen-bond donors (Lipinski definition) is 1. The van der Waals surface area contributed by atoms with Crippen molar-refractivity contribution in [2.75, 3.05) is 20.1 Å². The Morgan fingerprint density at radius 3 is 2.53 bits per heavy atom. The summed E-state index contributed by atoms with van der Waals surface area (Å²) < 4.78 is 0. The van der Waals surface area contributed by atoms with Crippen molar-refractivity contribution < 1.29 is 9.90 Å². The van der Waals surface area contributed by atoms with Crippen molar-refractivity contribution in [2.45, 2.75) is 33.1 Å². The van der Waals surface area contributed by atoms with Crippen LogP contribution in [0.15, 0.2) is 18.2 Å². The Kier molecular flexibility index (Phi) is 3.95. The monoisotopic (exact) mass is 261 g/mol. The molecular formula is C16H23NO2. The lowest BCUT2D eigenvalue weighted by Crippen LogP contribution is -2.33. The van der Waals surface area contributed by atoms with Crippen LogP contribution in [0.4, 0.5) is 0 Å². The normalized spacial score (nSPS) is 16.6. The highest BCUT2D eigenvalue weighted by Crippen LogP contribution is 2.46. The zero-order valence-electron chi connectivity index (χ0n) is 12.1. The summed E-state index contributed by atoms with van der Waals surface area (Å²) in [6.07, 6.45) is 2.64. The van der Waals surface area contributed by atoms with Crippen molar-refractivity contribution in [3.63, 3.8) is 0 Å². The van der Waals surface area contributed by atoms with Gasteiger partial charge in [0.1, 0.15) is 0 Å². The Balaban J connectivity index is 1.85. The lowest BCUT2D eigenvalue weighted by atomic mass is 10.0. The van der Waals surface area contributed by atoms with Crippen LogP contribution in [0.5, 0.6) is 0 Å². The molecule has 0 heterocycles. The van der Waals surface area contributed by atoms with E-state index >= 15 is 0 Å². The van der Waals surface area contributed by atoms with E-state index in [1.54, 1.807) is 0 Å². The molecule has 0 saturated heterocycles. The zero-order chi connectivity index (χ0) is 14.0. The van der Waals surface area contributed by atoms with E-state index in [2.05, 4.69) is 36.9 Å². The van der Waals surface area contributed by atoms with Crippen LogP contribution >= 0.6 is 0 Å². The number of aliphatic carboxylic acids is 1. The van der Waals surface area contributed by atoms with E-state index in [-0.39, 0.29) is 0 Å². The van der Waals surface area contributed by atoms with E-state index in [4.69, 9.17) is 0 Å². The van der Waals surface area contributed by atoms with Gasteiger partial charge in [-0.05, 0) is 56.8 Å². The van der Waals surface area contributed by atoms with Crippen molar-refractivity contribution >= 4 is 5.97 Å².